The minimum Gasteiger partial charge on any atom is -0.485 e. The summed E-state index contributed by atoms with van der Waals surface area (Å²) in [5.41, 5.74) is 6.75. The maximum absolute atomic E-state index is 12.3. The van der Waals surface area contributed by atoms with Gasteiger partial charge in [-0.05, 0) is 44.9 Å². The number of hydrazine groups is 1. The SMILES string of the molecule is Cc1cc(C(=O)OCC(=O)NNC(=O)C2COc3ccccc3O2)c(C)n1C1CC1. The van der Waals surface area contributed by atoms with Crippen LogP contribution in [0.5, 0.6) is 11.5 Å². The predicted molar refractivity (Wildman–Crippen MR) is 105 cm³/mol. The van der Waals surface area contributed by atoms with Crippen molar-refractivity contribution >= 4 is 17.8 Å². The van der Waals surface area contributed by atoms with Crippen LogP contribution in [0.1, 0.15) is 40.6 Å². The predicted octanol–water partition coefficient (Wildman–Crippen LogP) is 1.58. The van der Waals surface area contributed by atoms with Gasteiger partial charge in [-0.15, -0.1) is 0 Å². The molecule has 4 rings (SSSR count). The number of benzene rings is 1. The molecule has 30 heavy (non-hydrogen) atoms. The maximum Gasteiger partial charge on any atom is 0.340 e. The summed E-state index contributed by atoms with van der Waals surface area (Å²) in [6, 6.07) is 9.21. The van der Waals surface area contributed by atoms with E-state index >= 15 is 0 Å². The number of rotatable bonds is 5. The summed E-state index contributed by atoms with van der Waals surface area (Å²) < 4.78 is 18.2. The molecule has 2 amide bonds. The Bertz CT molecular complexity index is 995. The maximum atomic E-state index is 12.3. The first-order valence-corrected chi connectivity index (χ1v) is 9.76. The number of hydrogen-bond donors (Lipinski definition) is 2. The molecule has 0 radical (unpaired) electrons. The molecule has 1 atom stereocenters. The van der Waals surface area contributed by atoms with Crippen LogP contribution in [0.3, 0.4) is 0 Å². The van der Waals surface area contributed by atoms with E-state index in [-0.39, 0.29) is 6.61 Å². The van der Waals surface area contributed by atoms with Crippen molar-refractivity contribution in [3.63, 3.8) is 0 Å². The fraction of sp³-hybridized carbons (Fsp3) is 0.381. The molecule has 9 nitrogen and oxygen atoms in total. The quantitative estimate of drug-likeness (QED) is 0.569. The van der Waals surface area contributed by atoms with Gasteiger partial charge in [0.2, 0.25) is 6.10 Å². The van der Waals surface area contributed by atoms with Gasteiger partial charge in [0, 0.05) is 17.4 Å². The standard InChI is InChI=1S/C21H23N3O6/c1-12-9-15(13(2)24(12)14-7-8-14)21(27)29-11-19(25)22-23-20(26)18-10-28-16-5-3-4-6-17(16)30-18/h3-6,9,14,18H,7-8,10-11H2,1-2H3,(H,22,25)(H,23,26). The second-order valence-corrected chi connectivity index (χ2v) is 7.36. The fourth-order valence-corrected chi connectivity index (χ4v) is 3.48. The number of nitrogens with zero attached hydrogens (tertiary/aromatic N) is 1. The van der Waals surface area contributed by atoms with Gasteiger partial charge >= 0.3 is 5.97 Å². The van der Waals surface area contributed by atoms with Crippen molar-refractivity contribution in [2.45, 2.75) is 38.8 Å². The molecule has 2 aliphatic rings. The molecule has 2 heterocycles. The van der Waals surface area contributed by atoms with Crippen molar-refractivity contribution in [1.82, 2.24) is 15.4 Å². The van der Waals surface area contributed by atoms with Crippen LogP contribution < -0.4 is 20.3 Å². The summed E-state index contributed by atoms with van der Waals surface area (Å²) in [5, 5.41) is 0. The highest BCUT2D eigenvalue weighted by atomic mass is 16.6. The van der Waals surface area contributed by atoms with Crippen molar-refractivity contribution in [1.29, 1.82) is 0 Å². The normalized spacial score (nSPS) is 17.2. The highest BCUT2D eigenvalue weighted by molar-refractivity contribution is 5.93. The molecule has 0 spiro atoms. The van der Waals surface area contributed by atoms with Gasteiger partial charge in [0.25, 0.3) is 11.8 Å². The lowest BCUT2D eigenvalue weighted by molar-refractivity contribution is -0.135. The molecule has 1 unspecified atom stereocenters. The van der Waals surface area contributed by atoms with Crippen LogP contribution in [-0.4, -0.2) is 41.7 Å². The topological polar surface area (TPSA) is 108 Å². The fourth-order valence-electron chi connectivity index (χ4n) is 3.48. The van der Waals surface area contributed by atoms with E-state index in [1.54, 1.807) is 30.3 Å². The molecule has 2 aromatic rings. The van der Waals surface area contributed by atoms with E-state index < -0.39 is 30.5 Å². The number of carbonyl (C=O) groups excluding carboxylic acids is 3. The van der Waals surface area contributed by atoms with Gasteiger partial charge in [-0.1, -0.05) is 12.1 Å². The molecular formula is C21H23N3O6. The average Bonchev–Trinajstić information content (AvgIpc) is 3.54. The Labute approximate surface area is 173 Å². The Morgan fingerprint density at radius 2 is 1.87 bits per heavy atom. The molecule has 0 saturated heterocycles. The summed E-state index contributed by atoms with van der Waals surface area (Å²) >= 11 is 0. The molecule has 1 aromatic carbocycles. The molecule has 9 heteroatoms. The van der Waals surface area contributed by atoms with E-state index in [9.17, 15) is 14.4 Å². The Morgan fingerprint density at radius 1 is 1.13 bits per heavy atom. The number of amides is 2. The van der Waals surface area contributed by atoms with Crippen LogP contribution in [0.15, 0.2) is 30.3 Å². The molecule has 1 aliphatic carbocycles. The zero-order chi connectivity index (χ0) is 21.3. The highest BCUT2D eigenvalue weighted by Gasteiger charge is 2.29. The lowest BCUT2D eigenvalue weighted by Gasteiger charge is -2.25. The summed E-state index contributed by atoms with van der Waals surface area (Å²) in [6.45, 7) is 3.31. The van der Waals surface area contributed by atoms with Gasteiger partial charge in [-0.2, -0.15) is 0 Å². The van der Waals surface area contributed by atoms with Crippen LogP contribution in [-0.2, 0) is 14.3 Å². The van der Waals surface area contributed by atoms with Crippen LogP contribution in [0.4, 0.5) is 0 Å². The highest BCUT2D eigenvalue weighted by Crippen LogP contribution is 2.38. The molecule has 1 saturated carbocycles. The lowest BCUT2D eigenvalue weighted by Crippen LogP contribution is -2.51. The van der Waals surface area contributed by atoms with Gasteiger partial charge in [0.1, 0.15) is 6.61 Å². The van der Waals surface area contributed by atoms with Crippen LogP contribution in [0.2, 0.25) is 0 Å². The lowest BCUT2D eigenvalue weighted by atomic mass is 10.2. The van der Waals surface area contributed by atoms with Crippen LogP contribution in [0.25, 0.3) is 0 Å². The smallest absolute Gasteiger partial charge is 0.340 e. The number of aryl methyl sites for hydroxylation is 1. The van der Waals surface area contributed by atoms with Crippen molar-refractivity contribution < 1.29 is 28.6 Å². The molecule has 1 aliphatic heterocycles. The minimum absolute atomic E-state index is 0.0182. The first-order valence-electron chi connectivity index (χ1n) is 9.76. The molecule has 158 valence electrons. The van der Waals surface area contributed by atoms with Gasteiger partial charge in [-0.25, -0.2) is 4.79 Å². The summed E-state index contributed by atoms with van der Waals surface area (Å²) in [7, 11) is 0. The van der Waals surface area contributed by atoms with E-state index in [1.807, 2.05) is 13.8 Å². The molecule has 0 bridgehead atoms. The number of para-hydroxylation sites is 2. The number of aromatic nitrogens is 1. The molecule has 2 N–H and O–H groups in total. The Morgan fingerprint density at radius 3 is 2.60 bits per heavy atom. The zero-order valence-electron chi connectivity index (χ0n) is 16.8. The zero-order valence-corrected chi connectivity index (χ0v) is 16.8. The third-order valence-electron chi connectivity index (χ3n) is 5.08. The Hall–Kier alpha value is -3.49. The Balaban J connectivity index is 1.24. The molecular weight excluding hydrogens is 390 g/mol. The van der Waals surface area contributed by atoms with Crippen molar-refractivity contribution in [2.24, 2.45) is 0 Å². The van der Waals surface area contributed by atoms with Crippen molar-refractivity contribution in [2.75, 3.05) is 13.2 Å². The Kier molecular flexibility index (Phi) is 5.35. The second kappa shape index (κ2) is 8.10. The number of fused-ring (bicyclic) bond motifs is 1. The monoisotopic (exact) mass is 413 g/mol. The first-order chi connectivity index (χ1) is 14.4. The minimum atomic E-state index is -0.907. The van der Waals surface area contributed by atoms with E-state index in [4.69, 9.17) is 14.2 Å². The van der Waals surface area contributed by atoms with E-state index in [0.717, 1.165) is 24.2 Å². The van der Waals surface area contributed by atoms with Gasteiger partial charge in [-0.3, -0.25) is 20.4 Å². The molecule has 1 fully saturated rings. The van der Waals surface area contributed by atoms with E-state index in [0.29, 0.717) is 23.1 Å². The summed E-state index contributed by atoms with van der Waals surface area (Å²) in [6.07, 6.45) is 1.30. The van der Waals surface area contributed by atoms with Gasteiger partial charge in [0.15, 0.2) is 18.1 Å². The number of carbonyl (C=O) groups is 3. The third-order valence-corrected chi connectivity index (χ3v) is 5.08. The summed E-state index contributed by atoms with van der Waals surface area (Å²) in [5.74, 6) is -0.800. The van der Waals surface area contributed by atoms with Crippen molar-refractivity contribution in [3.05, 3.63) is 47.3 Å². The molecule has 1 aromatic heterocycles. The van der Waals surface area contributed by atoms with E-state index in [2.05, 4.69) is 15.4 Å². The van der Waals surface area contributed by atoms with Gasteiger partial charge < -0.3 is 18.8 Å². The number of esters is 1. The number of nitrogens with one attached hydrogen (secondary N) is 2. The van der Waals surface area contributed by atoms with Gasteiger partial charge in [0.05, 0.1) is 5.56 Å². The summed E-state index contributed by atoms with van der Waals surface area (Å²) in [4.78, 5) is 36.5. The van der Waals surface area contributed by atoms with Crippen LogP contribution >= 0.6 is 0 Å². The second-order valence-electron chi connectivity index (χ2n) is 7.36. The average molecular weight is 413 g/mol. The number of hydrogen-bond acceptors (Lipinski definition) is 6. The van der Waals surface area contributed by atoms with E-state index in [1.165, 1.54) is 0 Å². The largest absolute Gasteiger partial charge is 0.485 e. The van der Waals surface area contributed by atoms with Crippen molar-refractivity contribution in [3.8, 4) is 11.5 Å². The third kappa shape index (κ3) is 4.10. The number of ether oxygens (including phenoxy) is 3. The first kappa shape index (κ1) is 19.8. The van der Waals surface area contributed by atoms with Crippen LogP contribution in [0, 0.1) is 13.8 Å².